The van der Waals surface area contributed by atoms with Gasteiger partial charge in [0.25, 0.3) is 0 Å². The zero-order chi connectivity index (χ0) is 12.6. The summed E-state index contributed by atoms with van der Waals surface area (Å²) in [6.07, 6.45) is 3.83. The molecule has 3 nitrogen and oxygen atoms in total. The van der Waals surface area contributed by atoms with Gasteiger partial charge >= 0.3 is 0 Å². The number of anilines is 1. The van der Waals surface area contributed by atoms with Crippen molar-refractivity contribution >= 4 is 17.3 Å². The Morgan fingerprint density at radius 3 is 2.65 bits per heavy atom. The van der Waals surface area contributed by atoms with Crippen LogP contribution >= 0.6 is 11.6 Å². The standard InChI is InChI=1S/C13H16ClN3/c1-8(2)17-7-10(6-16-17)11-4-5-12(15)9(3)13(11)14/h4-8H,15H2,1-3H3. The van der Waals surface area contributed by atoms with Gasteiger partial charge in [0.05, 0.1) is 11.2 Å². The predicted molar refractivity (Wildman–Crippen MR) is 72.2 cm³/mol. The Kier molecular flexibility index (Phi) is 3.11. The van der Waals surface area contributed by atoms with Crippen molar-refractivity contribution in [2.24, 2.45) is 0 Å². The summed E-state index contributed by atoms with van der Waals surface area (Å²) in [4.78, 5) is 0. The highest BCUT2D eigenvalue weighted by Gasteiger charge is 2.10. The molecule has 0 saturated heterocycles. The molecule has 0 amide bonds. The highest BCUT2D eigenvalue weighted by Crippen LogP contribution is 2.33. The normalized spacial score (nSPS) is 11.1. The number of hydrogen-bond acceptors (Lipinski definition) is 2. The molecule has 0 aliphatic heterocycles. The molecule has 0 spiro atoms. The van der Waals surface area contributed by atoms with Gasteiger partial charge in [-0.15, -0.1) is 0 Å². The maximum atomic E-state index is 6.30. The van der Waals surface area contributed by atoms with Crippen molar-refractivity contribution in [1.82, 2.24) is 9.78 Å². The van der Waals surface area contributed by atoms with Gasteiger partial charge in [0.2, 0.25) is 0 Å². The minimum absolute atomic E-state index is 0.345. The Bertz CT molecular complexity index is 544. The molecule has 1 aromatic heterocycles. The second-order valence-electron chi connectivity index (χ2n) is 4.44. The molecule has 90 valence electrons. The molecule has 17 heavy (non-hydrogen) atoms. The summed E-state index contributed by atoms with van der Waals surface area (Å²) in [7, 11) is 0. The fourth-order valence-corrected chi connectivity index (χ4v) is 1.96. The molecule has 0 aliphatic rings. The summed E-state index contributed by atoms with van der Waals surface area (Å²) in [6, 6.07) is 4.16. The lowest BCUT2D eigenvalue weighted by atomic mass is 10.1. The van der Waals surface area contributed by atoms with Crippen LogP contribution in [0.3, 0.4) is 0 Å². The van der Waals surface area contributed by atoms with Crippen molar-refractivity contribution in [2.75, 3.05) is 5.73 Å². The van der Waals surface area contributed by atoms with E-state index in [1.54, 1.807) is 0 Å². The lowest BCUT2D eigenvalue weighted by molar-refractivity contribution is 0.532. The maximum absolute atomic E-state index is 6.30. The Labute approximate surface area is 106 Å². The van der Waals surface area contributed by atoms with E-state index in [0.717, 1.165) is 22.4 Å². The van der Waals surface area contributed by atoms with Crippen LogP contribution in [-0.2, 0) is 0 Å². The van der Waals surface area contributed by atoms with Crippen LogP contribution in [0.15, 0.2) is 24.5 Å². The van der Waals surface area contributed by atoms with Gasteiger partial charge in [0.1, 0.15) is 0 Å². The second kappa shape index (κ2) is 4.41. The summed E-state index contributed by atoms with van der Waals surface area (Å²) in [5.74, 6) is 0. The van der Waals surface area contributed by atoms with E-state index in [1.807, 2.05) is 36.1 Å². The quantitative estimate of drug-likeness (QED) is 0.826. The lowest BCUT2D eigenvalue weighted by Gasteiger charge is -2.07. The first-order valence-electron chi connectivity index (χ1n) is 5.59. The van der Waals surface area contributed by atoms with E-state index in [0.29, 0.717) is 11.1 Å². The summed E-state index contributed by atoms with van der Waals surface area (Å²) in [5.41, 5.74) is 9.45. The van der Waals surface area contributed by atoms with Crippen molar-refractivity contribution in [3.05, 3.63) is 35.1 Å². The molecular weight excluding hydrogens is 234 g/mol. The van der Waals surface area contributed by atoms with Crippen LogP contribution in [0.4, 0.5) is 5.69 Å². The molecular formula is C13H16ClN3. The van der Waals surface area contributed by atoms with Gasteiger partial charge in [-0.2, -0.15) is 5.10 Å². The van der Waals surface area contributed by atoms with Crippen molar-refractivity contribution in [3.8, 4) is 11.1 Å². The van der Waals surface area contributed by atoms with Crippen LogP contribution in [0.25, 0.3) is 11.1 Å². The summed E-state index contributed by atoms with van der Waals surface area (Å²) >= 11 is 6.30. The van der Waals surface area contributed by atoms with Crippen LogP contribution in [0, 0.1) is 6.92 Å². The van der Waals surface area contributed by atoms with Gasteiger partial charge < -0.3 is 5.73 Å². The largest absolute Gasteiger partial charge is 0.398 e. The van der Waals surface area contributed by atoms with E-state index in [4.69, 9.17) is 17.3 Å². The third-order valence-electron chi connectivity index (χ3n) is 2.87. The Balaban J connectivity index is 2.49. The molecule has 2 rings (SSSR count). The van der Waals surface area contributed by atoms with Crippen LogP contribution in [0.5, 0.6) is 0 Å². The first kappa shape index (κ1) is 12.0. The minimum atomic E-state index is 0.345. The van der Waals surface area contributed by atoms with E-state index in [2.05, 4.69) is 18.9 Å². The van der Waals surface area contributed by atoms with Gasteiger partial charge in [-0.05, 0) is 32.4 Å². The fourth-order valence-electron chi connectivity index (χ4n) is 1.68. The van der Waals surface area contributed by atoms with Crippen LogP contribution in [0.2, 0.25) is 5.02 Å². The fraction of sp³-hybridized carbons (Fsp3) is 0.308. The molecule has 0 radical (unpaired) electrons. The van der Waals surface area contributed by atoms with Crippen molar-refractivity contribution in [3.63, 3.8) is 0 Å². The highest BCUT2D eigenvalue weighted by atomic mass is 35.5. The molecule has 1 heterocycles. The number of nitrogen functional groups attached to an aromatic ring is 1. The molecule has 1 aromatic carbocycles. The molecule has 0 aliphatic carbocycles. The third-order valence-corrected chi connectivity index (χ3v) is 3.36. The van der Waals surface area contributed by atoms with Crippen LogP contribution in [0.1, 0.15) is 25.5 Å². The van der Waals surface area contributed by atoms with E-state index >= 15 is 0 Å². The molecule has 0 saturated carbocycles. The van der Waals surface area contributed by atoms with Crippen molar-refractivity contribution < 1.29 is 0 Å². The van der Waals surface area contributed by atoms with Gasteiger partial charge in [-0.1, -0.05) is 17.7 Å². The van der Waals surface area contributed by atoms with E-state index in [-0.39, 0.29) is 0 Å². The summed E-state index contributed by atoms with van der Waals surface area (Å²) < 4.78 is 1.91. The van der Waals surface area contributed by atoms with E-state index in [9.17, 15) is 0 Å². The number of rotatable bonds is 2. The summed E-state index contributed by atoms with van der Waals surface area (Å²) in [6.45, 7) is 6.10. The van der Waals surface area contributed by atoms with Gasteiger partial charge in [0, 0.05) is 29.1 Å². The Morgan fingerprint density at radius 2 is 2.06 bits per heavy atom. The molecule has 0 bridgehead atoms. The van der Waals surface area contributed by atoms with Gasteiger partial charge in [0.15, 0.2) is 0 Å². The monoisotopic (exact) mass is 249 g/mol. The number of nitrogens with zero attached hydrogens (tertiary/aromatic N) is 2. The molecule has 2 N–H and O–H groups in total. The molecule has 4 heteroatoms. The third kappa shape index (κ3) is 2.15. The van der Waals surface area contributed by atoms with Crippen molar-refractivity contribution in [1.29, 1.82) is 0 Å². The molecule has 2 aromatic rings. The predicted octanol–water partition coefficient (Wildman–Crippen LogP) is 3.68. The number of nitrogens with two attached hydrogens (primary N) is 1. The van der Waals surface area contributed by atoms with Crippen molar-refractivity contribution in [2.45, 2.75) is 26.8 Å². The SMILES string of the molecule is Cc1c(N)ccc(-c2cnn(C(C)C)c2)c1Cl. The first-order valence-corrected chi connectivity index (χ1v) is 5.97. The topological polar surface area (TPSA) is 43.8 Å². The molecule has 0 unspecified atom stereocenters. The first-order chi connectivity index (χ1) is 8.00. The van der Waals surface area contributed by atoms with Gasteiger partial charge in [-0.25, -0.2) is 0 Å². The number of hydrogen-bond donors (Lipinski definition) is 1. The highest BCUT2D eigenvalue weighted by molar-refractivity contribution is 6.34. The summed E-state index contributed by atoms with van der Waals surface area (Å²) in [5, 5.41) is 5.01. The van der Waals surface area contributed by atoms with E-state index in [1.165, 1.54) is 0 Å². The maximum Gasteiger partial charge on any atom is 0.0568 e. The molecule has 0 fully saturated rings. The second-order valence-corrected chi connectivity index (χ2v) is 4.82. The average Bonchev–Trinajstić information content (AvgIpc) is 2.75. The number of aromatic nitrogens is 2. The lowest BCUT2D eigenvalue weighted by Crippen LogP contribution is -1.99. The zero-order valence-corrected chi connectivity index (χ0v) is 11.0. The zero-order valence-electron chi connectivity index (χ0n) is 10.2. The minimum Gasteiger partial charge on any atom is -0.398 e. The average molecular weight is 250 g/mol. The van der Waals surface area contributed by atoms with Gasteiger partial charge in [-0.3, -0.25) is 4.68 Å². The number of halogens is 1. The Hall–Kier alpha value is -1.48. The Morgan fingerprint density at radius 1 is 1.35 bits per heavy atom. The van der Waals surface area contributed by atoms with Crippen LogP contribution < -0.4 is 5.73 Å². The van der Waals surface area contributed by atoms with Crippen LogP contribution in [-0.4, -0.2) is 9.78 Å². The smallest absolute Gasteiger partial charge is 0.0568 e. The molecule has 0 atom stereocenters. The van der Waals surface area contributed by atoms with E-state index < -0.39 is 0 Å². The number of benzene rings is 1.